The predicted octanol–water partition coefficient (Wildman–Crippen LogP) is 1.73. The molecule has 3 heterocycles. The van der Waals surface area contributed by atoms with Crippen molar-refractivity contribution in [2.45, 2.75) is 0 Å². The molecule has 0 bridgehead atoms. The Morgan fingerprint density at radius 1 is 1.23 bits per heavy atom. The molecule has 1 aliphatic rings. The number of ether oxygens (including phenoxy) is 2. The normalized spacial score (nSPS) is 14.9. The maximum atomic E-state index is 5.87. The molecule has 7 nitrogen and oxygen atoms in total. The van der Waals surface area contributed by atoms with Crippen molar-refractivity contribution >= 4 is 27.7 Å². The predicted molar refractivity (Wildman–Crippen MR) is 87.0 cm³/mol. The summed E-state index contributed by atoms with van der Waals surface area (Å²) < 4.78 is 11.4. The molecule has 0 amide bonds. The zero-order chi connectivity index (χ0) is 15.5. The van der Waals surface area contributed by atoms with E-state index in [1.807, 2.05) is 18.2 Å². The van der Waals surface area contributed by atoms with Crippen molar-refractivity contribution in [3.8, 4) is 17.1 Å². The third kappa shape index (κ3) is 3.12. The molecular formula is C14H16BrN5O2. The molecular weight excluding hydrogens is 350 g/mol. The smallest absolute Gasteiger partial charge is 0.222 e. The second kappa shape index (κ2) is 6.45. The molecule has 0 aromatic carbocycles. The van der Waals surface area contributed by atoms with E-state index in [0.717, 1.165) is 18.9 Å². The van der Waals surface area contributed by atoms with Gasteiger partial charge in [-0.05, 0) is 28.1 Å². The Bertz CT molecular complexity index is 676. The second-order valence-electron chi connectivity index (χ2n) is 4.75. The molecule has 1 aliphatic heterocycles. The van der Waals surface area contributed by atoms with Crippen molar-refractivity contribution in [2.24, 2.45) is 0 Å². The molecule has 0 aliphatic carbocycles. The van der Waals surface area contributed by atoms with Gasteiger partial charge in [-0.25, -0.2) is 9.97 Å². The van der Waals surface area contributed by atoms with E-state index in [0.29, 0.717) is 35.0 Å². The lowest BCUT2D eigenvalue weighted by Gasteiger charge is -2.28. The quantitative estimate of drug-likeness (QED) is 0.828. The average molecular weight is 366 g/mol. The van der Waals surface area contributed by atoms with Crippen LogP contribution in [-0.4, -0.2) is 48.4 Å². The summed E-state index contributed by atoms with van der Waals surface area (Å²) >= 11 is 3.37. The van der Waals surface area contributed by atoms with Crippen molar-refractivity contribution in [3.63, 3.8) is 0 Å². The Hall–Kier alpha value is -1.93. The van der Waals surface area contributed by atoms with Gasteiger partial charge in [0, 0.05) is 19.2 Å². The first-order chi connectivity index (χ1) is 10.7. The summed E-state index contributed by atoms with van der Waals surface area (Å²) in [6, 6.07) is 5.52. The van der Waals surface area contributed by atoms with Gasteiger partial charge < -0.3 is 20.1 Å². The highest BCUT2D eigenvalue weighted by Crippen LogP contribution is 2.30. The summed E-state index contributed by atoms with van der Waals surface area (Å²) in [5.41, 5.74) is 7.13. The first kappa shape index (κ1) is 15.0. The van der Waals surface area contributed by atoms with Crippen LogP contribution in [0.15, 0.2) is 22.8 Å². The lowest BCUT2D eigenvalue weighted by molar-refractivity contribution is 0.122. The highest BCUT2D eigenvalue weighted by Gasteiger charge is 2.17. The lowest BCUT2D eigenvalue weighted by Crippen LogP contribution is -2.36. The topological polar surface area (TPSA) is 86.4 Å². The van der Waals surface area contributed by atoms with Crippen LogP contribution in [0.4, 0.5) is 11.8 Å². The van der Waals surface area contributed by atoms with Crippen molar-refractivity contribution in [3.05, 3.63) is 22.8 Å². The summed E-state index contributed by atoms with van der Waals surface area (Å²) in [6.45, 7) is 2.91. The standard InChI is InChI=1S/C14H16BrN5O2/c1-21-10-2-3-11(15)18-13(10)9-8-12(19-14(16)17-9)20-4-6-22-7-5-20/h2-3,8H,4-7H2,1H3,(H2,16,17,19). The number of morpholine rings is 1. The molecule has 8 heteroatoms. The van der Waals surface area contributed by atoms with Gasteiger partial charge in [0.2, 0.25) is 5.95 Å². The number of rotatable bonds is 3. The van der Waals surface area contributed by atoms with Crippen LogP contribution in [0.5, 0.6) is 5.75 Å². The molecule has 1 fully saturated rings. The van der Waals surface area contributed by atoms with E-state index in [4.69, 9.17) is 15.2 Å². The summed E-state index contributed by atoms with van der Waals surface area (Å²) in [5.74, 6) is 1.62. The van der Waals surface area contributed by atoms with Gasteiger partial charge in [-0.3, -0.25) is 0 Å². The zero-order valence-corrected chi connectivity index (χ0v) is 13.7. The fraction of sp³-hybridized carbons (Fsp3) is 0.357. The minimum Gasteiger partial charge on any atom is -0.494 e. The third-order valence-electron chi connectivity index (χ3n) is 3.35. The molecule has 2 N–H and O–H groups in total. The number of hydrogen-bond acceptors (Lipinski definition) is 7. The van der Waals surface area contributed by atoms with E-state index < -0.39 is 0 Å². The van der Waals surface area contributed by atoms with Gasteiger partial charge in [-0.2, -0.15) is 4.98 Å². The highest BCUT2D eigenvalue weighted by atomic mass is 79.9. The van der Waals surface area contributed by atoms with Crippen LogP contribution in [0.25, 0.3) is 11.4 Å². The molecule has 1 saturated heterocycles. The Kier molecular flexibility index (Phi) is 4.39. The fourth-order valence-corrected chi connectivity index (χ4v) is 2.61. The van der Waals surface area contributed by atoms with Gasteiger partial charge in [0.05, 0.1) is 20.3 Å². The van der Waals surface area contributed by atoms with Crippen molar-refractivity contribution in [1.29, 1.82) is 0 Å². The van der Waals surface area contributed by atoms with Crippen LogP contribution in [0.1, 0.15) is 0 Å². The molecule has 2 aromatic heterocycles. The third-order valence-corrected chi connectivity index (χ3v) is 3.79. The number of pyridine rings is 1. The van der Waals surface area contributed by atoms with E-state index in [1.165, 1.54) is 0 Å². The molecule has 3 rings (SSSR count). The number of anilines is 2. The summed E-state index contributed by atoms with van der Waals surface area (Å²) in [5, 5.41) is 0. The highest BCUT2D eigenvalue weighted by molar-refractivity contribution is 9.10. The van der Waals surface area contributed by atoms with Gasteiger partial charge in [0.15, 0.2) is 0 Å². The maximum absolute atomic E-state index is 5.87. The van der Waals surface area contributed by atoms with E-state index in [2.05, 4.69) is 35.8 Å². The van der Waals surface area contributed by atoms with Crippen LogP contribution in [-0.2, 0) is 4.74 Å². The van der Waals surface area contributed by atoms with E-state index >= 15 is 0 Å². The largest absolute Gasteiger partial charge is 0.494 e. The Morgan fingerprint density at radius 3 is 2.73 bits per heavy atom. The van der Waals surface area contributed by atoms with E-state index in [-0.39, 0.29) is 5.95 Å². The summed E-state index contributed by atoms with van der Waals surface area (Å²) in [6.07, 6.45) is 0. The average Bonchev–Trinajstić information content (AvgIpc) is 2.55. The molecule has 0 atom stereocenters. The number of nitrogen functional groups attached to an aromatic ring is 1. The van der Waals surface area contributed by atoms with E-state index in [1.54, 1.807) is 7.11 Å². The number of aromatic nitrogens is 3. The van der Waals surface area contributed by atoms with Gasteiger partial charge >= 0.3 is 0 Å². The van der Waals surface area contributed by atoms with Crippen LogP contribution >= 0.6 is 15.9 Å². The van der Waals surface area contributed by atoms with E-state index in [9.17, 15) is 0 Å². The fourth-order valence-electron chi connectivity index (χ4n) is 2.30. The lowest BCUT2D eigenvalue weighted by atomic mass is 10.2. The maximum Gasteiger partial charge on any atom is 0.222 e. The number of halogens is 1. The zero-order valence-electron chi connectivity index (χ0n) is 12.1. The molecule has 0 saturated carbocycles. The van der Waals surface area contributed by atoms with Crippen LogP contribution in [0.3, 0.4) is 0 Å². The molecule has 116 valence electrons. The first-order valence-electron chi connectivity index (χ1n) is 6.85. The minimum atomic E-state index is 0.211. The molecule has 0 spiro atoms. The van der Waals surface area contributed by atoms with Crippen LogP contribution < -0.4 is 15.4 Å². The monoisotopic (exact) mass is 365 g/mol. The van der Waals surface area contributed by atoms with Gasteiger partial charge in [0.1, 0.15) is 27.6 Å². The molecule has 0 unspecified atom stereocenters. The Morgan fingerprint density at radius 2 is 2.00 bits per heavy atom. The Labute approximate surface area is 136 Å². The minimum absolute atomic E-state index is 0.211. The second-order valence-corrected chi connectivity index (χ2v) is 5.57. The van der Waals surface area contributed by atoms with Gasteiger partial charge in [0.25, 0.3) is 0 Å². The first-order valence-corrected chi connectivity index (χ1v) is 7.65. The van der Waals surface area contributed by atoms with Gasteiger partial charge in [-0.15, -0.1) is 0 Å². The molecule has 2 aromatic rings. The summed E-state index contributed by atoms with van der Waals surface area (Å²) in [7, 11) is 1.60. The van der Waals surface area contributed by atoms with Crippen molar-refractivity contribution in [2.75, 3.05) is 44.0 Å². The number of hydrogen-bond donors (Lipinski definition) is 1. The van der Waals surface area contributed by atoms with Crippen molar-refractivity contribution < 1.29 is 9.47 Å². The molecule has 22 heavy (non-hydrogen) atoms. The number of methoxy groups -OCH3 is 1. The SMILES string of the molecule is COc1ccc(Br)nc1-c1cc(N2CCOCC2)nc(N)n1. The van der Waals surface area contributed by atoms with Crippen LogP contribution in [0, 0.1) is 0 Å². The number of nitrogens with two attached hydrogens (primary N) is 1. The molecule has 0 radical (unpaired) electrons. The Balaban J connectivity index is 2.04. The number of nitrogens with zero attached hydrogens (tertiary/aromatic N) is 4. The van der Waals surface area contributed by atoms with Crippen LogP contribution in [0.2, 0.25) is 0 Å². The van der Waals surface area contributed by atoms with Crippen molar-refractivity contribution in [1.82, 2.24) is 15.0 Å². The van der Waals surface area contributed by atoms with Gasteiger partial charge in [-0.1, -0.05) is 0 Å². The summed E-state index contributed by atoms with van der Waals surface area (Å²) in [4.78, 5) is 15.2.